The number of carbonyl (C=O) groups excluding carboxylic acids is 1. The van der Waals surface area contributed by atoms with Gasteiger partial charge in [0.1, 0.15) is 11.8 Å². The quantitative estimate of drug-likeness (QED) is 0.702. The van der Waals surface area contributed by atoms with E-state index in [4.69, 9.17) is 10.2 Å². The van der Waals surface area contributed by atoms with Crippen LogP contribution in [0.5, 0.6) is 5.75 Å². The molecule has 0 saturated heterocycles. The van der Waals surface area contributed by atoms with Crippen molar-refractivity contribution in [1.82, 2.24) is 5.32 Å². The molecule has 1 rings (SSSR count). The number of aliphatic carboxylic acids is 1. The molecule has 0 aromatic heterocycles. The lowest BCUT2D eigenvalue weighted by molar-refractivity contribution is -0.141. The van der Waals surface area contributed by atoms with Gasteiger partial charge in [-0.3, -0.25) is 4.79 Å². The molecular weight excluding hydrogens is 246 g/mol. The van der Waals surface area contributed by atoms with Crippen LogP contribution in [0.2, 0.25) is 0 Å². The third kappa shape index (κ3) is 5.25. The number of hydrogen-bond acceptors (Lipinski definition) is 3. The summed E-state index contributed by atoms with van der Waals surface area (Å²) in [6.07, 6.45) is 1.52. The van der Waals surface area contributed by atoms with Gasteiger partial charge in [-0.25, -0.2) is 4.79 Å². The zero-order chi connectivity index (χ0) is 14.4. The van der Waals surface area contributed by atoms with Gasteiger partial charge in [0, 0.05) is 12.5 Å². The Hall–Kier alpha value is -2.30. The number of phenols is 1. The number of nitrogens with one attached hydrogen (secondary N) is 1. The molecule has 5 nitrogen and oxygen atoms in total. The van der Waals surface area contributed by atoms with E-state index in [1.165, 1.54) is 18.2 Å². The maximum Gasteiger partial charge on any atom is 0.326 e. The topological polar surface area (TPSA) is 86.6 Å². The second-order valence-electron chi connectivity index (χ2n) is 4.49. The fourth-order valence-electron chi connectivity index (χ4n) is 1.54. The number of carbonyl (C=O) groups is 2. The van der Waals surface area contributed by atoms with Crippen molar-refractivity contribution in [3.05, 3.63) is 41.5 Å². The molecule has 0 aliphatic carbocycles. The molecular formula is C14H17NO4. The van der Waals surface area contributed by atoms with E-state index in [-0.39, 0.29) is 12.2 Å². The Bertz CT molecular complexity index is 487. The summed E-state index contributed by atoms with van der Waals surface area (Å²) < 4.78 is 0. The number of carboxylic acid groups (broad SMARTS) is 1. The van der Waals surface area contributed by atoms with Crippen LogP contribution < -0.4 is 5.32 Å². The molecule has 0 saturated carbocycles. The van der Waals surface area contributed by atoms with Gasteiger partial charge in [0.25, 0.3) is 0 Å². The van der Waals surface area contributed by atoms with Crippen LogP contribution in [-0.2, 0) is 16.0 Å². The highest BCUT2D eigenvalue weighted by Crippen LogP contribution is 2.11. The van der Waals surface area contributed by atoms with Gasteiger partial charge >= 0.3 is 5.97 Å². The monoisotopic (exact) mass is 263 g/mol. The van der Waals surface area contributed by atoms with E-state index < -0.39 is 17.9 Å². The van der Waals surface area contributed by atoms with Crippen molar-refractivity contribution in [3.8, 4) is 5.75 Å². The first kappa shape index (κ1) is 14.8. The first-order valence-electron chi connectivity index (χ1n) is 5.84. The number of benzene rings is 1. The number of amides is 1. The highest BCUT2D eigenvalue weighted by atomic mass is 16.4. The molecule has 0 aliphatic rings. The molecule has 1 aromatic rings. The predicted molar refractivity (Wildman–Crippen MR) is 70.8 cm³/mol. The summed E-state index contributed by atoms with van der Waals surface area (Å²) in [6, 6.07) is 5.21. The average molecular weight is 263 g/mol. The highest BCUT2D eigenvalue weighted by Gasteiger charge is 2.19. The number of phenolic OH excluding ortho intramolecular Hbond substituents is 1. The van der Waals surface area contributed by atoms with Crippen molar-refractivity contribution in [2.24, 2.45) is 0 Å². The van der Waals surface area contributed by atoms with Crippen molar-refractivity contribution < 1.29 is 19.8 Å². The molecule has 1 amide bonds. The van der Waals surface area contributed by atoms with Gasteiger partial charge in [0.05, 0.1) is 0 Å². The summed E-state index contributed by atoms with van der Waals surface area (Å²) in [4.78, 5) is 22.6. The van der Waals surface area contributed by atoms with Crippen LogP contribution in [0.3, 0.4) is 0 Å². The van der Waals surface area contributed by atoms with Crippen LogP contribution in [0.1, 0.15) is 19.4 Å². The largest absolute Gasteiger partial charge is 0.508 e. The molecule has 0 bridgehead atoms. The van der Waals surface area contributed by atoms with Crippen LogP contribution in [0.4, 0.5) is 0 Å². The molecule has 3 N–H and O–H groups in total. The molecule has 1 aromatic carbocycles. The summed E-state index contributed by atoms with van der Waals surface area (Å²) in [5.41, 5.74) is 1.52. The van der Waals surface area contributed by atoms with Crippen LogP contribution in [0.15, 0.2) is 35.9 Å². The van der Waals surface area contributed by atoms with Crippen molar-refractivity contribution in [1.29, 1.82) is 0 Å². The number of aromatic hydroxyl groups is 1. The van der Waals surface area contributed by atoms with Gasteiger partial charge in [-0.05, 0) is 31.5 Å². The van der Waals surface area contributed by atoms with E-state index in [0.29, 0.717) is 0 Å². The van der Waals surface area contributed by atoms with Crippen molar-refractivity contribution in [3.63, 3.8) is 0 Å². The van der Waals surface area contributed by atoms with Gasteiger partial charge in [-0.2, -0.15) is 0 Å². The molecule has 0 radical (unpaired) electrons. The Morgan fingerprint density at radius 2 is 1.84 bits per heavy atom. The summed E-state index contributed by atoms with van der Waals surface area (Å²) in [6.45, 7) is 3.52. The Morgan fingerprint density at radius 1 is 1.26 bits per heavy atom. The van der Waals surface area contributed by atoms with Crippen molar-refractivity contribution >= 4 is 11.9 Å². The predicted octanol–water partition coefficient (Wildman–Crippen LogP) is 1.47. The molecule has 19 heavy (non-hydrogen) atoms. The molecule has 1 atom stereocenters. The van der Waals surface area contributed by atoms with E-state index in [0.717, 1.165) is 11.1 Å². The van der Waals surface area contributed by atoms with Crippen molar-refractivity contribution in [2.75, 3.05) is 0 Å². The Balaban J connectivity index is 2.73. The number of rotatable bonds is 5. The van der Waals surface area contributed by atoms with Crippen molar-refractivity contribution in [2.45, 2.75) is 26.3 Å². The maximum absolute atomic E-state index is 11.5. The third-order valence-corrected chi connectivity index (χ3v) is 2.41. The zero-order valence-corrected chi connectivity index (χ0v) is 10.9. The summed E-state index contributed by atoms with van der Waals surface area (Å²) in [5.74, 6) is -1.40. The van der Waals surface area contributed by atoms with Gasteiger partial charge in [-0.15, -0.1) is 0 Å². The minimum absolute atomic E-state index is 0.115. The van der Waals surface area contributed by atoms with Crippen LogP contribution in [0.25, 0.3) is 0 Å². The molecule has 0 unspecified atom stereocenters. The number of carboxylic acids is 1. The second kappa shape index (κ2) is 6.58. The molecule has 0 heterocycles. The molecule has 5 heteroatoms. The number of hydrogen-bond donors (Lipinski definition) is 3. The second-order valence-corrected chi connectivity index (χ2v) is 4.49. The molecule has 0 aliphatic heterocycles. The average Bonchev–Trinajstić information content (AvgIpc) is 2.29. The zero-order valence-electron chi connectivity index (χ0n) is 10.9. The fourth-order valence-corrected chi connectivity index (χ4v) is 1.54. The molecule has 102 valence electrons. The first-order valence-corrected chi connectivity index (χ1v) is 5.84. The minimum Gasteiger partial charge on any atom is -0.508 e. The van der Waals surface area contributed by atoms with Crippen LogP contribution >= 0.6 is 0 Å². The van der Waals surface area contributed by atoms with E-state index in [9.17, 15) is 9.59 Å². The van der Waals surface area contributed by atoms with E-state index >= 15 is 0 Å². The maximum atomic E-state index is 11.5. The molecule has 0 fully saturated rings. The summed E-state index contributed by atoms with van der Waals surface area (Å²) in [7, 11) is 0. The van der Waals surface area contributed by atoms with Gasteiger partial charge < -0.3 is 15.5 Å². The minimum atomic E-state index is -1.09. The van der Waals surface area contributed by atoms with Gasteiger partial charge in [0.15, 0.2) is 0 Å². The first-order chi connectivity index (χ1) is 8.88. The Kier molecular flexibility index (Phi) is 5.11. The standard InChI is InChI=1S/C14H17NO4/c1-9(2)7-13(17)15-12(14(18)19)8-10-3-5-11(16)6-4-10/h3-7,12,16H,8H2,1-2H3,(H,15,17)(H,18,19)/t12-/m1/s1. The van der Waals surface area contributed by atoms with E-state index in [1.807, 2.05) is 0 Å². The lowest BCUT2D eigenvalue weighted by Crippen LogP contribution is -2.41. The SMILES string of the molecule is CC(C)=CC(=O)N[C@H](Cc1ccc(O)cc1)C(=O)O. The van der Waals surface area contributed by atoms with Gasteiger partial charge in [-0.1, -0.05) is 17.7 Å². The van der Waals surface area contributed by atoms with E-state index in [1.54, 1.807) is 26.0 Å². The molecule has 0 spiro atoms. The normalized spacial score (nSPS) is 11.5. The Labute approximate surface area is 111 Å². The Morgan fingerprint density at radius 3 is 2.32 bits per heavy atom. The van der Waals surface area contributed by atoms with E-state index in [2.05, 4.69) is 5.32 Å². The summed E-state index contributed by atoms with van der Waals surface area (Å²) in [5, 5.41) is 20.7. The van der Waals surface area contributed by atoms with Crippen LogP contribution in [-0.4, -0.2) is 28.1 Å². The smallest absolute Gasteiger partial charge is 0.326 e. The highest BCUT2D eigenvalue weighted by molar-refractivity contribution is 5.91. The van der Waals surface area contributed by atoms with Crippen LogP contribution in [0, 0.1) is 0 Å². The van der Waals surface area contributed by atoms with Gasteiger partial charge in [0.2, 0.25) is 5.91 Å². The lowest BCUT2D eigenvalue weighted by Gasteiger charge is -2.13. The lowest BCUT2D eigenvalue weighted by atomic mass is 10.1. The third-order valence-electron chi connectivity index (χ3n) is 2.41. The summed E-state index contributed by atoms with van der Waals surface area (Å²) >= 11 is 0. The number of allylic oxidation sites excluding steroid dienone is 1. The fraction of sp³-hybridized carbons (Fsp3) is 0.286.